The number of hydrogen-bond acceptors (Lipinski definition) is 14. The van der Waals surface area contributed by atoms with Gasteiger partial charge in [-0.3, -0.25) is 18.9 Å². The van der Waals surface area contributed by atoms with Crippen molar-refractivity contribution >= 4 is 37.0 Å². The van der Waals surface area contributed by atoms with Crippen molar-refractivity contribution < 1.29 is 46.9 Å². The maximum atomic E-state index is 14.8. The van der Waals surface area contributed by atoms with Gasteiger partial charge in [-0.15, -0.1) is 0 Å². The predicted octanol–water partition coefficient (Wildman–Crippen LogP) is 6.02. The second-order valence-corrected chi connectivity index (χ2v) is 17.3. The molecule has 56 heavy (non-hydrogen) atoms. The first-order valence-electron chi connectivity index (χ1n) is 18.9. The molecule has 0 bridgehead atoms. The van der Waals surface area contributed by atoms with Crippen LogP contribution in [0.3, 0.4) is 0 Å². The zero-order chi connectivity index (χ0) is 41.6. The van der Waals surface area contributed by atoms with E-state index >= 15 is 0 Å². The highest BCUT2D eigenvalue weighted by molar-refractivity contribution is 7.52. The summed E-state index contributed by atoms with van der Waals surface area (Å²) in [4.78, 5) is 43.7. The highest BCUT2D eigenvalue weighted by Crippen LogP contribution is 2.49. The topological polar surface area (TPSA) is 216 Å². The van der Waals surface area contributed by atoms with Crippen LogP contribution < -0.4 is 15.3 Å². The van der Waals surface area contributed by atoms with Gasteiger partial charge < -0.3 is 29.2 Å². The minimum absolute atomic E-state index is 0.0872. The summed E-state index contributed by atoms with van der Waals surface area (Å²) in [7, 11) is -4.54. The van der Waals surface area contributed by atoms with E-state index in [4.69, 9.17) is 33.7 Å². The van der Waals surface area contributed by atoms with Crippen LogP contribution in [0.1, 0.15) is 93.3 Å². The molecule has 3 N–H and O–H groups in total. The first kappa shape index (κ1) is 44.2. The summed E-state index contributed by atoms with van der Waals surface area (Å²) in [6.45, 7) is 17.4. The molecule has 306 valence electrons. The van der Waals surface area contributed by atoms with Crippen LogP contribution in [-0.2, 0) is 53.4 Å². The van der Waals surface area contributed by atoms with Gasteiger partial charge >= 0.3 is 25.7 Å². The van der Waals surface area contributed by atoms with Crippen molar-refractivity contribution in [1.29, 1.82) is 5.26 Å². The van der Waals surface area contributed by atoms with Crippen LogP contribution in [0, 0.1) is 29.1 Å². The first-order valence-corrected chi connectivity index (χ1v) is 20.4. The number of nitriles is 1. The van der Waals surface area contributed by atoms with Crippen LogP contribution in [0.5, 0.6) is 5.75 Å². The smallest absolute Gasteiger partial charge is 0.459 e. The number of benzene rings is 1. The standard InChI is InChI=1S/C39H55N6O10P/c1-11-26(12-2)19-50-37(48)25(7)44-56(49,55-28-15-13-14-27(18-28)38(8,9)10)51-20-30-32(52-35(46)23(3)4)33(53-36(47)24(5)6)39(21-40,54-30)31-17-16-29-34(41)42-22-43-45(29)31/h13-18,22-26,30,32-33H,11-12,19-20H2,1-10H3,(H,44,49)(H2,41,42,43)/t25-,30+,32+,33+,39?,56?/m0/s1. The van der Waals surface area contributed by atoms with Crippen LogP contribution in [0.15, 0.2) is 42.7 Å². The Morgan fingerprint density at radius 3 is 2.30 bits per heavy atom. The first-order chi connectivity index (χ1) is 26.3. The molecule has 1 aliphatic rings. The van der Waals surface area contributed by atoms with Gasteiger partial charge in [-0.1, -0.05) is 87.3 Å². The molecule has 2 unspecified atom stereocenters. The number of aromatic nitrogens is 3. The molecular weight excluding hydrogens is 743 g/mol. The van der Waals surface area contributed by atoms with Crippen molar-refractivity contribution in [3.8, 4) is 11.8 Å². The monoisotopic (exact) mass is 798 g/mol. The summed E-state index contributed by atoms with van der Waals surface area (Å²) in [6, 6.07) is 11.0. The number of nitrogens with two attached hydrogens (primary N) is 1. The molecule has 3 heterocycles. The molecular formula is C39H55N6O10P. The molecule has 1 aliphatic heterocycles. The van der Waals surface area contributed by atoms with Crippen LogP contribution in [0.25, 0.3) is 5.52 Å². The maximum absolute atomic E-state index is 14.8. The Labute approximate surface area is 328 Å². The third-order valence-electron chi connectivity index (χ3n) is 9.53. The summed E-state index contributed by atoms with van der Waals surface area (Å²) >= 11 is 0. The number of fused-ring (bicyclic) bond motifs is 1. The van der Waals surface area contributed by atoms with Crippen LogP contribution in [0.4, 0.5) is 5.82 Å². The zero-order valence-corrected chi connectivity index (χ0v) is 34.7. The lowest BCUT2D eigenvalue weighted by atomic mass is 9.87. The fraction of sp³-hybridized carbons (Fsp3) is 0.590. The minimum Gasteiger partial charge on any atom is -0.464 e. The molecule has 17 heteroatoms. The highest BCUT2D eigenvalue weighted by Gasteiger charge is 2.63. The highest BCUT2D eigenvalue weighted by atomic mass is 31.2. The number of nitrogens with one attached hydrogen (secondary N) is 1. The van der Waals surface area contributed by atoms with Gasteiger partial charge in [-0.2, -0.15) is 15.4 Å². The Morgan fingerprint density at radius 2 is 1.70 bits per heavy atom. The molecule has 1 saturated heterocycles. The van der Waals surface area contributed by atoms with E-state index in [-0.39, 0.29) is 35.2 Å². The molecule has 2 aromatic heterocycles. The Hall–Kier alpha value is -4.55. The van der Waals surface area contributed by atoms with Crippen molar-refractivity contribution in [2.75, 3.05) is 18.9 Å². The lowest BCUT2D eigenvalue weighted by Gasteiger charge is -2.29. The molecule has 1 fully saturated rings. The third-order valence-corrected chi connectivity index (χ3v) is 11.2. The zero-order valence-electron chi connectivity index (χ0n) is 33.8. The number of carbonyl (C=O) groups is 3. The van der Waals surface area contributed by atoms with E-state index in [0.29, 0.717) is 5.52 Å². The normalized spacial score (nSPS) is 21.5. The number of anilines is 1. The van der Waals surface area contributed by atoms with Gasteiger partial charge in [0.2, 0.25) is 5.60 Å². The van der Waals surface area contributed by atoms with E-state index in [1.807, 2.05) is 40.7 Å². The van der Waals surface area contributed by atoms with Gasteiger partial charge in [0.1, 0.15) is 35.8 Å². The Kier molecular flexibility index (Phi) is 14.3. The average Bonchev–Trinajstić information content (AvgIpc) is 3.71. The minimum atomic E-state index is -4.54. The molecule has 0 amide bonds. The Balaban J connectivity index is 1.79. The predicted molar refractivity (Wildman–Crippen MR) is 206 cm³/mol. The average molecular weight is 799 g/mol. The van der Waals surface area contributed by atoms with Gasteiger partial charge in [0, 0.05) is 0 Å². The summed E-state index contributed by atoms with van der Waals surface area (Å²) in [5.41, 5.74) is 4.93. The van der Waals surface area contributed by atoms with Gasteiger partial charge in [0.15, 0.2) is 18.0 Å². The number of hydrogen-bond donors (Lipinski definition) is 2. The van der Waals surface area contributed by atoms with Crippen molar-refractivity contribution in [1.82, 2.24) is 19.7 Å². The number of nitrogen functional groups attached to an aromatic ring is 1. The fourth-order valence-electron chi connectivity index (χ4n) is 5.89. The van der Waals surface area contributed by atoms with Gasteiger partial charge in [0.05, 0.1) is 30.7 Å². The van der Waals surface area contributed by atoms with Crippen molar-refractivity contribution in [3.63, 3.8) is 0 Å². The van der Waals surface area contributed by atoms with E-state index in [9.17, 15) is 24.2 Å². The summed E-state index contributed by atoms with van der Waals surface area (Å²) < 4.78 is 52.1. The van der Waals surface area contributed by atoms with Crippen molar-refractivity contribution in [2.45, 2.75) is 117 Å². The Morgan fingerprint density at radius 1 is 1.04 bits per heavy atom. The summed E-state index contributed by atoms with van der Waals surface area (Å²) in [5, 5.41) is 17.9. The molecule has 6 atom stereocenters. The molecule has 3 aromatic rings. The SMILES string of the molecule is CCC(CC)COC(=O)[C@H](C)NP(=O)(OC[C@H]1OC(C#N)(c2ccc3c(N)ncnn23)[C@H](OC(=O)C(C)C)[C@@H]1OC(=O)C(C)C)Oc1cccc(C(C)(C)C)c1. The molecule has 0 radical (unpaired) electrons. The van der Waals surface area contributed by atoms with E-state index < -0.39 is 74.1 Å². The molecule has 0 spiro atoms. The van der Waals surface area contributed by atoms with Crippen LogP contribution in [-0.4, -0.2) is 70.1 Å². The third kappa shape index (κ3) is 10.1. The number of carbonyl (C=O) groups excluding carboxylic acids is 3. The van der Waals surface area contributed by atoms with Crippen molar-refractivity contribution in [3.05, 3.63) is 54.0 Å². The quantitative estimate of drug-likeness (QED) is 0.0907. The largest absolute Gasteiger partial charge is 0.464 e. The van der Waals surface area contributed by atoms with Gasteiger partial charge in [-0.05, 0) is 48.1 Å². The molecule has 0 aliphatic carbocycles. The molecule has 4 rings (SSSR count). The van der Waals surface area contributed by atoms with E-state index in [2.05, 4.69) is 21.2 Å². The number of rotatable bonds is 17. The Bertz CT molecular complexity index is 1950. The number of ether oxygens (including phenoxy) is 4. The van der Waals surface area contributed by atoms with Crippen LogP contribution >= 0.6 is 7.75 Å². The van der Waals surface area contributed by atoms with Gasteiger partial charge in [0.25, 0.3) is 0 Å². The van der Waals surface area contributed by atoms with E-state index in [1.54, 1.807) is 52.0 Å². The number of esters is 3. The maximum Gasteiger partial charge on any atom is 0.459 e. The summed E-state index contributed by atoms with van der Waals surface area (Å²) in [6.07, 6.45) is -1.66. The molecule has 16 nitrogen and oxygen atoms in total. The molecule has 1 aromatic carbocycles. The fourth-order valence-corrected chi connectivity index (χ4v) is 7.39. The molecule has 0 saturated carbocycles. The van der Waals surface area contributed by atoms with E-state index in [0.717, 1.165) is 18.4 Å². The van der Waals surface area contributed by atoms with Gasteiger partial charge in [-0.25, -0.2) is 14.1 Å². The second-order valence-electron chi connectivity index (χ2n) is 15.6. The lowest BCUT2D eigenvalue weighted by molar-refractivity contribution is -0.173. The van der Waals surface area contributed by atoms with Crippen molar-refractivity contribution in [2.24, 2.45) is 17.8 Å². The van der Waals surface area contributed by atoms with E-state index in [1.165, 1.54) is 23.8 Å². The second kappa shape index (κ2) is 18.1. The lowest BCUT2D eigenvalue weighted by Crippen LogP contribution is -2.47. The summed E-state index contributed by atoms with van der Waals surface area (Å²) in [5.74, 6) is -2.97. The number of nitrogens with zero attached hydrogens (tertiary/aromatic N) is 4. The van der Waals surface area contributed by atoms with Crippen LogP contribution in [0.2, 0.25) is 0 Å².